The molecule has 1 aromatic heterocycles. The van der Waals surface area contributed by atoms with Gasteiger partial charge in [0.2, 0.25) is 35.4 Å². The molecule has 0 bridgehead atoms. The monoisotopic (exact) mass is 909 g/mol. The van der Waals surface area contributed by atoms with E-state index in [4.69, 9.17) is 0 Å². The number of H-pyrrole nitrogens is 1. The quantitative estimate of drug-likeness (QED) is 0.0491. The Morgan fingerprint density at radius 1 is 0.576 bits per heavy atom. The largest absolute Gasteiger partial charge is 0.481 e. The molecule has 7 atom stereocenters. The third kappa shape index (κ3) is 14.5. The first-order valence-electron chi connectivity index (χ1n) is 22.2. The fraction of sp³-hybridized carbons (Fsp3) is 0.429. The Kier molecular flexibility index (Phi) is 19.0. The van der Waals surface area contributed by atoms with Gasteiger partial charge in [-0.15, -0.1) is 0 Å². The van der Waals surface area contributed by atoms with Crippen molar-refractivity contribution in [2.75, 3.05) is 0 Å². The molecule has 1 heterocycles. The number of carboxylic acids is 2. The highest BCUT2D eigenvalue weighted by molar-refractivity contribution is 5.98. The molecule has 66 heavy (non-hydrogen) atoms. The van der Waals surface area contributed by atoms with Gasteiger partial charge in [-0.2, -0.15) is 0 Å². The van der Waals surface area contributed by atoms with E-state index in [0.29, 0.717) is 23.1 Å². The van der Waals surface area contributed by atoms with Gasteiger partial charge in [-0.05, 0) is 46.9 Å². The second-order valence-electron chi connectivity index (χ2n) is 17.4. The summed E-state index contributed by atoms with van der Waals surface area (Å²) in [5.41, 5.74) is 2.89. The predicted molar refractivity (Wildman–Crippen MR) is 248 cm³/mol. The van der Waals surface area contributed by atoms with Crippen LogP contribution in [0.4, 0.5) is 0 Å². The van der Waals surface area contributed by atoms with Crippen molar-refractivity contribution in [1.29, 1.82) is 0 Å². The molecule has 3 aromatic carbocycles. The molecular weight excluding hydrogens is 847 g/mol. The molecule has 4 aromatic rings. The van der Waals surface area contributed by atoms with Crippen LogP contribution >= 0.6 is 0 Å². The molecule has 0 saturated carbocycles. The number of carbonyl (C=O) groups is 8. The first kappa shape index (κ1) is 51.6. The molecular formula is C49H63N7O10. The lowest BCUT2D eigenvalue weighted by atomic mass is 9.84. The normalized spacial score (nSPS) is 14.5. The minimum atomic E-state index is -1.72. The van der Waals surface area contributed by atoms with Crippen LogP contribution in [0.1, 0.15) is 90.3 Å². The van der Waals surface area contributed by atoms with E-state index in [1.165, 1.54) is 6.92 Å². The summed E-state index contributed by atoms with van der Waals surface area (Å²) < 4.78 is 0. The number of aromatic nitrogens is 1. The first-order chi connectivity index (χ1) is 31.3. The van der Waals surface area contributed by atoms with Crippen molar-refractivity contribution < 1.29 is 48.6 Å². The molecule has 0 aliphatic heterocycles. The zero-order valence-corrected chi connectivity index (χ0v) is 38.4. The second kappa shape index (κ2) is 24.3. The minimum absolute atomic E-state index is 0.0485. The van der Waals surface area contributed by atoms with Crippen LogP contribution < -0.4 is 31.9 Å². The molecule has 4 rings (SSSR count). The van der Waals surface area contributed by atoms with Crippen LogP contribution in [0.2, 0.25) is 0 Å². The maximum absolute atomic E-state index is 14.3. The molecule has 9 N–H and O–H groups in total. The van der Waals surface area contributed by atoms with Gasteiger partial charge < -0.3 is 47.1 Å². The highest BCUT2D eigenvalue weighted by Gasteiger charge is 2.38. The van der Waals surface area contributed by atoms with Crippen molar-refractivity contribution in [2.24, 2.45) is 17.8 Å². The fourth-order valence-electron chi connectivity index (χ4n) is 7.75. The van der Waals surface area contributed by atoms with E-state index in [9.17, 15) is 48.6 Å². The molecule has 0 fully saturated rings. The Bertz CT molecular complexity index is 2280. The van der Waals surface area contributed by atoms with Crippen LogP contribution in [0.5, 0.6) is 0 Å². The van der Waals surface area contributed by atoms with Gasteiger partial charge in [0.1, 0.15) is 36.3 Å². The van der Waals surface area contributed by atoms with Crippen molar-refractivity contribution in [2.45, 2.75) is 116 Å². The van der Waals surface area contributed by atoms with Crippen molar-refractivity contribution >= 4 is 58.3 Å². The third-order valence-electron chi connectivity index (χ3n) is 11.4. The number of aromatic amines is 1. The zero-order valence-electron chi connectivity index (χ0n) is 38.4. The van der Waals surface area contributed by atoms with Crippen LogP contribution in [-0.4, -0.2) is 98.8 Å². The lowest BCUT2D eigenvalue weighted by Gasteiger charge is -2.31. The summed E-state index contributed by atoms with van der Waals surface area (Å²) in [6.45, 7) is 11.6. The SMILES string of the molecule is CC[C@H](C)[C@H](NC(=O)[C@@H](NC(=O)[C@H](CC(=O)O)NC(=O)[C@H](CC(C)C)NC(=O)[C@@H](NC(C)=O)C(c1ccccc1)c1ccccc1)C(C)C)C(=O)N[C@@H](Cc1c[nH]c2ccccc12)C(=O)O. The van der Waals surface area contributed by atoms with E-state index < -0.39 is 108 Å². The highest BCUT2D eigenvalue weighted by Crippen LogP contribution is 2.29. The van der Waals surface area contributed by atoms with Crippen LogP contribution in [0.25, 0.3) is 10.9 Å². The lowest BCUT2D eigenvalue weighted by Crippen LogP contribution is -2.61. The summed E-state index contributed by atoms with van der Waals surface area (Å²) in [5, 5.41) is 36.5. The van der Waals surface area contributed by atoms with Gasteiger partial charge in [0.25, 0.3) is 0 Å². The third-order valence-corrected chi connectivity index (χ3v) is 11.4. The van der Waals surface area contributed by atoms with Gasteiger partial charge in [-0.3, -0.25) is 33.6 Å². The van der Waals surface area contributed by atoms with E-state index >= 15 is 0 Å². The molecule has 0 aliphatic carbocycles. The Labute approximate surface area is 384 Å². The number of rotatable bonds is 24. The standard InChI is InChI=1S/C49H63N7O10/c1-8-29(6)42(47(63)54-38(49(65)66)24-33-26-50-35-22-16-15-21-34(33)35)56-46(62)41(28(4)5)55-45(61)37(25-39(58)59)52-44(60)36(23-27(2)3)53-48(64)43(51-30(7)57)40(31-17-11-9-12-18-31)32-19-13-10-14-20-32/h9-22,26-29,36-38,40-43,50H,8,23-25H2,1-7H3,(H,51,57)(H,52,60)(H,53,64)(H,54,63)(H,55,61)(H,56,62)(H,58,59)(H,65,66)/t29-,36-,37-,38-,41-,42-,43-/m0/s1. The summed E-state index contributed by atoms with van der Waals surface area (Å²) in [5.74, 6) is -9.37. The highest BCUT2D eigenvalue weighted by atomic mass is 16.4. The summed E-state index contributed by atoms with van der Waals surface area (Å²) in [6.07, 6.45) is 1.20. The number of hydrogen-bond donors (Lipinski definition) is 9. The van der Waals surface area contributed by atoms with Crippen LogP contribution in [0, 0.1) is 17.8 Å². The van der Waals surface area contributed by atoms with Gasteiger partial charge in [0.15, 0.2) is 0 Å². The topological polar surface area (TPSA) is 265 Å². The molecule has 6 amide bonds. The molecule has 0 unspecified atom stereocenters. The van der Waals surface area contributed by atoms with E-state index in [2.05, 4.69) is 36.9 Å². The summed E-state index contributed by atoms with van der Waals surface area (Å²) in [6, 6.07) is 17.3. The van der Waals surface area contributed by atoms with Gasteiger partial charge in [0.05, 0.1) is 6.42 Å². The predicted octanol–water partition coefficient (Wildman–Crippen LogP) is 3.78. The molecule has 0 radical (unpaired) electrons. The molecule has 354 valence electrons. The van der Waals surface area contributed by atoms with E-state index in [1.807, 2.05) is 60.7 Å². The van der Waals surface area contributed by atoms with E-state index in [-0.39, 0.29) is 18.8 Å². The molecule has 0 aliphatic rings. The van der Waals surface area contributed by atoms with Crippen LogP contribution in [-0.2, 0) is 44.8 Å². The minimum Gasteiger partial charge on any atom is -0.481 e. The number of para-hydroxylation sites is 1. The number of fused-ring (bicyclic) bond motifs is 1. The summed E-state index contributed by atoms with van der Waals surface area (Å²) in [4.78, 5) is 110. The molecule has 17 heteroatoms. The number of carbonyl (C=O) groups excluding carboxylic acids is 6. The van der Waals surface area contributed by atoms with E-state index in [0.717, 1.165) is 10.9 Å². The number of hydrogen-bond acceptors (Lipinski definition) is 8. The Balaban J connectivity index is 1.54. The Morgan fingerprint density at radius 3 is 1.61 bits per heavy atom. The van der Waals surface area contributed by atoms with Crippen molar-refractivity contribution in [3.05, 3.63) is 108 Å². The lowest BCUT2D eigenvalue weighted by molar-refractivity contribution is -0.142. The summed E-state index contributed by atoms with van der Waals surface area (Å²) >= 11 is 0. The average molecular weight is 910 g/mol. The number of aliphatic carboxylic acids is 2. The van der Waals surface area contributed by atoms with Gasteiger partial charge in [-0.1, -0.05) is 127 Å². The van der Waals surface area contributed by atoms with Crippen LogP contribution in [0.3, 0.4) is 0 Å². The number of nitrogens with one attached hydrogen (secondary N) is 7. The number of amides is 6. The van der Waals surface area contributed by atoms with Crippen LogP contribution in [0.15, 0.2) is 91.1 Å². The molecule has 0 spiro atoms. The van der Waals surface area contributed by atoms with Gasteiger partial charge >= 0.3 is 11.9 Å². The Morgan fingerprint density at radius 2 is 1.08 bits per heavy atom. The first-order valence-corrected chi connectivity index (χ1v) is 22.2. The average Bonchev–Trinajstić information content (AvgIpc) is 3.68. The van der Waals surface area contributed by atoms with Gasteiger partial charge in [-0.25, -0.2) is 4.79 Å². The second-order valence-corrected chi connectivity index (χ2v) is 17.4. The smallest absolute Gasteiger partial charge is 0.326 e. The maximum Gasteiger partial charge on any atom is 0.326 e. The van der Waals surface area contributed by atoms with Crippen molar-refractivity contribution in [3.8, 4) is 0 Å². The molecule has 0 saturated heterocycles. The number of benzene rings is 3. The summed E-state index contributed by atoms with van der Waals surface area (Å²) in [7, 11) is 0. The number of carboxylic acid groups (broad SMARTS) is 2. The maximum atomic E-state index is 14.3. The van der Waals surface area contributed by atoms with Crippen molar-refractivity contribution in [3.63, 3.8) is 0 Å². The molecule has 17 nitrogen and oxygen atoms in total. The zero-order chi connectivity index (χ0) is 48.7. The van der Waals surface area contributed by atoms with E-state index in [1.54, 1.807) is 72.0 Å². The van der Waals surface area contributed by atoms with Gasteiger partial charge in [0, 0.05) is 36.4 Å². The Hall–Kier alpha value is -7.04. The fourth-order valence-corrected chi connectivity index (χ4v) is 7.75. The van der Waals surface area contributed by atoms with Crippen molar-refractivity contribution in [1.82, 2.24) is 36.9 Å².